The summed E-state index contributed by atoms with van der Waals surface area (Å²) in [7, 11) is 0. The average Bonchev–Trinajstić information content (AvgIpc) is 2.67. The molecule has 0 atom stereocenters. The molecular formula is C23H29NO3. The molecule has 0 spiro atoms. The summed E-state index contributed by atoms with van der Waals surface area (Å²) in [6.07, 6.45) is 1.89. The van der Waals surface area contributed by atoms with E-state index < -0.39 is 0 Å². The molecule has 1 fully saturated rings. The smallest absolute Gasteiger partial charge is 0.260 e. The molecule has 1 N–H and O–H groups in total. The van der Waals surface area contributed by atoms with Crippen molar-refractivity contribution < 1.29 is 14.6 Å². The zero-order valence-electron chi connectivity index (χ0n) is 16.4. The predicted octanol–water partition coefficient (Wildman–Crippen LogP) is 4.61. The molecule has 0 unspecified atom stereocenters. The molecule has 0 bridgehead atoms. The summed E-state index contributed by atoms with van der Waals surface area (Å²) in [5, 5.41) is 9.42. The van der Waals surface area contributed by atoms with Gasteiger partial charge in [0.2, 0.25) is 0 Å². The highest BCUT2D eigenvalue weighted by Crippen LogP contribution is 2.29. The fourth-order valence-corrected chi connectivity index (χ4v) is 3.57. The fourth-order valence-electron chi connectivity index (χ4n) is 3.57. The van der Waals surface area contributed by atoms with Gasteiger partial charge in [-0.05, 0) is 66.5 Å². The second-order valence-corrected chi connectivity index (χ2v) is 7.71. The summed E-state index contributed by atoms with van der Waals surface area (Å²) in [4.78, 5) is 14.5. The summed E-state index contributed by atoms with van der Waals surface area (Å²) in [5.74, 6) is 2.02. The molecule has 0 aliphatic carbocycles. The lowest BCUT2D eigenvalue weighted by atomic mass is 9.89. The monoisotopic (exact) mass is 367 g/mol. The van der Waals surface area contributed by atoms with E-state index in [1.807, 2.05) is 30.0 Å². The molecule has 3 rings (SSSR count). The van der Waals surface area contributed by atoms with E-state index in [0.29, 0.717) is 17.6 Å². The number of carbonyl (C=O) groups excluding carboxylic acids is 1. The lowest BCUT2D eigenvalue weighted by Crippen LogP contribution is -2.40. The van der Waals surface area contributed by atoms with Gasteiger partial charge in [-0.25, -0.2) is 0 Å². The maximum atomic E-state index is 12.6. The number of likely N-dealkylation sites (tertiary alicyclic amines) is 1. The molecule has 2 aromatic rings. The van der Waals surface area contributed by atoms with Gasteiger partial charge >= 0.3 is 0 Å². The summed E-state index contributed by atoms with van der Waals surface area (Å²) in [6, 6.07) is 13.6. The number of phenolic OH excluding ortho intramolecular Hbond substituents is 1. The molecule has 0 saturated carbocycles. The third kappa shape index (κ3) is 4.82. The number of piperidine rings is 1. The zero-order chi connectivity index (χ0) is 19.4. The minimum absolute atomic E-state index is 0.0495. The SMILES string of the molecule is Cc1ccc(C(C)C)cc1OCC(=O)N1CCC(c2ccc(O)cc2)CC1. The number of hydrogen-bond donors (Lipinski definition) is 1. The van der Waals surface area contributed by atoms with E-state index in [2.05, 4.69) is 26.0 Å². The third-order valence-electron chi connectivity index (χ3n) is 5.44. The first kappa shape index (κ1) is 19.3. The van der Waals surface area contributed by atoms with Crippen LogP contribution < -0.4 is 4.74 Å². The van der Waals surface area contributed by atoms with Crippen molar-refractivity contribution in [2.45, 2.75) is 45.4 Å². The van der Waals surface area contributed by atoms with Crippen LogP contribution in [0.4, 0.5) is 0 Å². The number of rotatable bonds is 5. The molecule has 27 heavy (non-hydrogen) atoms. The lowest BCUT2D eigenvalue weighted by Gasteiger charge is -2.32. The molecule has 1 saturated heterocycles. The Labute approximate surface area is 161 Å². The third-order valence-corrected chi connectivity index (χ3v) is 5.44. The van der Waals surface area contributed by atoms with Crippen molar-refractivity contribution in [1.82, 2.24) is 4.90 Å². The van der Waals surface area contributed by atoms with Crippen LogP contribution >= 0.6 is 0 Å². The van der Waals surface area contributed by atoms with Gasteiger partial charge in [0.25, 0.3) is 5.91 Å². The van der Waals surface area contributed by atoms with Crippen LogP contribution in [0.5, 0.6) is 11.5 Å². The Morgan fingerprint density at radius 3 is 2.44 bits per heavy atom. The van der Waals surface area contributed by atoms with Gasteiger partial charge in [0.15, 0.2) is 6.61 Å². The van der Waals surface area contributed by atoms with E-state index in [1.165, 1.54) is 11.1 Å². The van der Waals surface area contributed by atoms with Crippen molar-refractivity contribution in [2.75, 3.05) is 19.7 Å². The molecule has 4 heteroatoms. The Bertz CT molecular complexity index is 775. The summed E-state index contributed by atoms with van der Waals surface area (Å²) >= 11 is 0. The molecule has 1 heterocycles. The number of hydrogen-bond acceptors (Lipinski definition) is 3. The van der Waals surface area contributed by atoms with E-state index >= 15 is 0 Å². The van der Waals surface area contributed by atoms with E-state index in [4.69, 9.17) is 4.74 Å². The number of carbonyl (C=O) groups is 1. The van der Waals surface area contributed by atoms with Crippen LogP contribution in [0.2, 0.25) is 0 Å². The molecule has 2 aromatic carbocycles. The van der Waals surface area contributed by atoms with Gasteiger partial charge in [-0.3, -0.25) is 4.79 Å². The standard InChI is InChI=1S/C23H29NO3/c1-16(2)20-5-4-17(3)22(14-20)27-15-23(26)24-12-10-19(11-13-24)18-6-8-21(25)9-7-18/h4-9,14,16,19,25H,10-13,15H2,1-3H3. The Morgan fingerprint density at radius 1 is 1.15 bits per heavy atom. The Hall–Kier alpha value is -2.49. The van der Waals surface area contributed by atoms with Gasteiger partial charge in [0.05, 0.1) is 0 Å². The van der Waals surface area contributed by atoms with Gasteiger partial charge in [-0.15, -0.1) is 0 Å². The number of benzene rings is 2. The lowest BCUT2D eigenvalue weighted by molar-refractivity contribution is -0.134. The van der Waals surface area contributed by atoms with Crippen LogP contribution in [-0.2, 0) is 4.79 Å². The van der Waals surface area contributed by atoms with Gasteiger partial charge in [-0.2, -0.15) is 0 Å². The van der Waals surface area contributed by atoms with E-state index in [9.17, 15) is 9.90 Å². The molecule has 4 nitrogen and oxygen atoms in total. The largest absolute Gasteiger partial charge is 0.508 e. The summed E-state index contributed by atoms with van der Waals surface area (Å²) in [5.41, 5.74) is 3.51. The van der Waals surface area contributed by atoms with Crippen molar-refractivity contribution in [3.63, 3.8) is 0 Å². The van der Waals surface area contributed by atoms with Crippen molar-refractivity contribution in [3.8, 4) is 11.5 Å². The molecule has 1 aliphatic rings. The Kier molecular flexibility index (Phi) is 6.04. The highest BCUT2D eigenvalue weighted by atomic mass is 16.5. The normalized spacial score (nSPS) is 15.2. The molecular weight excluding hydrogens is 338 g/mol. The van der Waals surface area contributed by atoms with Crippen LogP contribution in [0, 0.1) is 6.92 Å². The van der Waals surface area contributed by atoms with Gasteiger partial charge in [-0.1, -0.05) is 38.1 Å². The number of aryl methyl sites for hydroxylation is 1. The molecule has 0 radical (unpaired) electrons. The van der Waals surface area contributed by atoms with Gasteiger partial charge < -0.3 is 14.7 Å². The summed E-state index contributed by atoms with van der Waals surface area (Å²) in [6.45, 7) is 7.90. The Balaban J connectivity index is 1.53. The number of ether oxygens (including phenoxy) is 1. The molecule has 1 aliphatic heterocycles. The zero-order valence-corrected chi connectivity index (χ0v) is 16.4. The van der Waals surface area contributed by atoms with Crippen molar-refractivity contribution in [2.24, 2.45) is 0 Å². The number of nitrogens with zero attached hydrogens (tertiary/aromatic N) is 1. The van der Waals surface area contributed by atoms with Crippen LogP contribution in [0.25, 0.3) is 0 Å². The molecule has 0 aromatic heterocycles. The highest BCUT2D eigenvalue weighted by Gasteiger charge is 2.24. The molecule has 1 amide bonds. The van der Waals surface area contributed by atoms with Crippen LogP contribution in [0.3, 0.4) is 0 Å². The van der Waals surface area contributed by atoms with Gasteiger partial charge in [0.1, 0.15) is 11.5 Å². The average molecular weight is 367 g/mol. The van der Waals surface area contributed by atoms with E-state index in [-0.39, 0.29) is 12.5 Å². The number of aromatic hydroxyl groups is 1. The Morgan fingerprint density at radius 2 is 1.81 bits per heavy atom. The first-order valence-corrected chi connectivity index (χ1v) is 9.74. The van der Waals surface area contributed by atoms with Crippen molar-refractivity contribution in [3.05, 3.63) is 59.2 Å². The highest BCUT2D eigenvalue weighted by molar-refractivity contribution is 5.78. The first-order valence-electron chi connectivity index (χ1n) is 9.74. The summed E-state index contributed by atoms with van der Waals surface area (Å²) < 4.78 is 5.85. The maximum Gasteiger partial charge on any atom is 0.260 e. The molecule has 144 valence electrons. The minimum Gasteiger partial charge on any atom is -0.508 e. The maximum absolute atomic E-state index is 12.6. The van der Waals surface area contributed by atoms with Crippen LogP contribution in [0.15, 0.2) is 42.5 Å². The number of phenols is 1. The quantitative estimate of drug-likeness (QED) is 0.840. The number of amides is 1. The van der Waals surface area contributed by atoms with Crippen LogP contribution in [0.1, 0.15) is 55.2 Å². The van der Waals surface area contributed by atoms with Crippen LogP contribution in [-0.4, -0.2) is 35.6 Å². The second kappa shape index (κ2) is 8.47. The van der Waals surface area contributed by atoms with Crippen molar-refractivity contribution in [1.29, 1.82) is 0 Å². The first-order chi connectivity index (χ1) is 12.9. The van der Waals surface area contributed by atoms with E-state index in [0.717, 1.165) is 37.2 Å². The minimum atomic E-state index is 0.0495. The predicted molar refractivity (Wildman–Crippen MR) is 107 cm³/mol. The topological polar surface area (TPSA) is 49.8 Å². The second-order valence-electron chi connectivity index (χ2n) is 7.71. The van der Waals surface area contributed by atoms with Crippen molar-refractivity contribution >= 4 is 5.91 Å². The fraction of sp³-hybridized carbons (Fsp3) is 0.435. The van der Waals surface area contributed by atoms with E-state index in [1.54, 1.807) is 12.1 Å². The van der Waals surface area contributed by atoms with Gasteiger partial charge in [0, 0.05) is 13.1 Å².